The van der Waals surface area contributed by atoms with Gasteiger partial charge in [-0.1, -0.05) is 51.1 Å². The van der Waals surface area contributed by atoms with Crippen LogP contribution in [0.5, 0.6) is 0 Å². The standard InChI is InChI=1S/C23H16BrFN4O2/c24-19-10-17(11-20(25)13-19)23(30)28(9-8-26)21-6-7-22-18(12-21)14-27-29(22)31-15-16-4-2-1-3-5-16/h1-7,10-14H,9,15H2. The van der Waals surface area contributed by atoms with E-state index in [-0.39, 0.29) is 12.1 Å². The highest BCUT2D eigenvalue weighted by Crippen LogP contribution is 2.25. The molecule has 0 aliphatic heterocycles. The van der Waals surface area contributed by atoms with Crippen LogP contribution in [-0.2, 0) is 6.61 Å². The SMILES string of the molecule is N#CCN(C(=O)c1cc(F)cc(Br)c1)c1ccc2c(cnn2OCc2ccccc2)c1. The molecule has 0 bridgehead atoms. The van der Waals surface area contributed by atoms with Gasteiger partial charge in [0.15, 0.2) is 0 Å². The Kier molecular flexibility index (Phi) is 5.96. The molecule has 8 heteroatoms. The highest BCUT2D eigenvalue weighted by atomic mass is 79.9. The highest BCUT2D eigenvalue weighted by molar-refractivity contribution is 9.10. The van der Waals surface area contributed by atoms with Crippen molar-refractivity contribution in [3.63, 3.8) is 0 Å². The summed E-state index contributed by atoms with van der Waals surface area (Å²) in [6, 6.07) is 20.9. The molecule has 4 rings (SSSR count). The van der Waals surface area contributed by atoms with Gasteiger partial charge in [0.1, 0.15) is 24.5 Å². The number of nitriles is 1. The van der Waals surface area contributed by atoms with E-state index in [0.29, 0.717) is 16.8 Å². The summed E-state index contributed by atoms with van der Waals surface area (Å²) in [5, 5.41) is 14.2. The summed E-state index contributed by atoms with van der Waals surface area (Å²) >= 11 is 3.19. The molecule has 6 nitrogen and oxygen atoms in total. The Morgan fingerprint density at radius 3 is 2.71 bits per heavy atom. The topological polar surface area (TPSA) is 71.2 Å². The lowest BCUT2D eigenvalue weighted by atomic mass is 10.1. The van der Waals surface area contributed by atoms with Gasteiger partial charge in [0, 0.05) is 21.1 Å². The molecule has 31 heavy (non-hydrogen) atoms. The van der Waals surface area contributed by atoms with Crippen LogP contribution in [0.4, 0.5) is 10.1 Å². The summed E-state index contributed by atoms with van der Waals surface area (Å²) in [5.41, 5.74) is 2.37. The van der Waals surface area contributed by atoms with Crippen molar-refractivity contribution in [3.8, 4) is 6.07 Å². The first-order valence-electron chi connectivity index (χ1n) is 9.35. The monoisotopic (exact) mass is 478 g/mol. The largest absolute Gasteiger partial charge is 0.391 e. The molecule has 0 fully saturated rings. The summed E-state index contributed by atoms with van der Waals surface area (Å²) < 4.78 is 14.2. The molecule has 1 heterocycles. The molecule has 0 unspecified atom stereocenters. The Hall–Kier alpha value is -3.70. The van der Waals surface area contributed by atoms with Crippen molar-refractivity contribution in [3.05, 3.63) is 94.3 Å². The fraction of sp³-hybridized carbons (Fsp3) is 0.0870. The minimum absolute atomic E-state index is 0.143. The van der Waals surface area contributed by atoms with Crippen LogP contribution in [0.25, 0.3) is 10.9 Å². The van der Waals surface area contributed by atoms with Gasteiger partial charge in [0.05, 0.1) is 12.3 Å². The number of amides is 1. The molecular formula is C23H16BrFN4O2. The van der Waals surface area contributed by atoms with E-state index in [1.54, 1.807) is 24.4 Å². The Bertz CT molecular complexity index is 1260. The lowest BCUT2D eigenvalue weighted by Gasteiger charge is -2.20. The van der Waals surface area contributed by atoms with Crippen LogP contribution in [0.2, 0.25) is 0 Å². The first-order chi connectivity index (χ1) is 15.0. The van der Waals surface area contributed by atoms with Crippen molar-refractivity contribution >= 4 is 38.4 Å². The van der Waals surface area contributed by atoms with E-state index in [2.05, 4.69) is 21.0 Å². The maximum absolute atomic E-state index is 13.8. The second kappa shape index (κ2) is 8.98. The van der Waals surface area contributed by atoms with Crippen LogP contribution >= 0.6 is 15.9 Å². The van der Waals surface area contributed by atoms with Crippen molar-refractivity contribution in [2.24, 2.45) is 0 Å². The molecule has 3 aromatic carbocycles. The molecule has 0 radical (unpaired) electrons. The number of fused-ring (bicyclic) bond motifs is 1. The van der Waals surface area contributed by atoms with Crippen LogP contribution < -0.4 is 9.74 Å². The van der Waals surface area contributed by atoms with Crippen LogP contribution in [0.1, 0.15) is 15.9 Å². The average Bonchev–Trinajstić information content (AvgIpc) is 3.18. The highest BCUT2D eigenvalue weighted by Gasteiger charge is 2.20. The lowest BCUT2D eigenvalue weighted by molar-refractivity contribution is 0.0795. The Morgan fingerprint density at radius 1 is 1.16 bits per heavy atom. The molecule has 0 aliphatic carbocycles. The number of hydrogen-bond acceptors (Lipinski definition) is 4. The second-order valence-electron chi connectivity index (χ2n) is 6.73. The number of carbonyl (C=O) groups is 1. The van der Waals surface area contributed by atoms with E-state index in [1.807, 2.05) is 36.4 Å². The number of nitrogens with zero attached hydrogens (tertiary/aromatic N) is 4. The van der Waals surface area contributed by atoms with Gasteiger partial charge in [0.25, 0.3) is 5.91 Å². The first-order valence-corrected chi connectivity index (χ1v) is 10.1. The van der Waals surface area contributed by atoms with Gasteiger partial charge in [-0.25, -0.2) is 4.39 Å². The quantitative estimate of drug-likeness (QED) is 0.375. The van der Waals surface area contributed by atoms with Crippen molar-refractivity contribution in [2.75, 3.05) is 11.4 Å². The molecule has 4 aromatic rings. The molecular weight excluding hydrogens is 463 g/mol. The van der Waals surface area contributed by atoms with Gasteiger partial charge < -0.3 is 4.84 Å². The van der Waals surface area contributed by atoms with E-state index in [0.717, 1.165) is 22.5 Å². The molecule has 0 atom stereocenters. The smallest absolute Gasteiger partial charge is 0.259 e. The summed E-state index contributed by atoms with van der Waals surface area (Å²) in [4.78, 5) is 21.5. The normalized spacial score (nSPS) is 10.6. The number of carbonyl (C=O) groups excluding carboxylic acids is 1. The van der Waals surface area contributed by atoms with Gasteiger partial charge in [-0.15, -0.1) is 5.10 Å². The van der Waals surface area contributed by atoms with Gasteiger partial charge in [-0.2, -0.15) is 5.26 Å². The zero-order valence-corrected chi connectivity index (χ0v) is 17.8. The van der Waals surface area contributed by atoms with E-state index in [4.69, 9.17) is 4.84 Å². The van der Waals surface area contributed by atoms with E-state index in [1.165, 1.54) is 21.9 Å². The molecule has 154 valence electrons. The predicted octanol–water partition coefficient (Wildman–Crippen LogP) is 4.74. The predicted molar refractivity (Wildman–Crippen MR) is 118 cm³/mol. The maximum atomic E-state index is 13.8. The molecule has 0 N–H and O–H groups in total. The third-order valence-electron chi connectivity index (χ3n) is 4.61. The number of benzene rings is 3. The molecule has 0 spiro atoms. The van der Waals surface area contributed by atoms with E-state index >= 15 is 0 Å². The number of halogens is 2. The zero-order chi connectivity index (χ0) is 21.8. The lowest BCUT2D eigenvalue weighted by Crippen LogP contribution is -2.31. The third kappa shape index (κ3) is 4.57. The fourth-order valence-corrected chi connectivity index (χ4v) is 3.63. The molecule has 0 saturated heterocycles. The number of anilines is 1. The number of rotatable bonds is 6. The van der Waals surface area contributed by atoms with Crippen molar-refractivity contribution in [1.29, 1.82) is 5.26 Å². The first kappa shape index (κ1) is 20.6. The number of hydrogen-bond donors (Lipinski definition) is 0. The minimum Gasteiger partial charge on any atom is -0.391 e. The summed E-state index contributed by atoms with van der Waals surface area (Å²) in [6.45, 7) is 0.171. The Morgan fingerprint density at radius 2 is 1.97 bits per heavy atom. The van der Waals surface area contributed by atoms with Gasteiger partial charge in [-0.05, 0) is 42.0 Å². The zero-order valence-electron chi connectivity index (χ0n) is 16.2. The summed E-state index contributed by atoms with van der Waals surface area (Å²) in [7, 11) is 0. The van der Waals surface area contributed by atoms with Gasteiger partial charge in [0.2, 0.25) is 0 Å². The van der Waals surface area contributed by atoms with E-state index < -0.39 is 11.7 Å². The van der Waals surface area contributed by atoms with Gasteiger partial charge >= 0.3 is 0 Å². The molecule has 1 aromatic heterocycles. The van der Waals surface area contributed by atoms with Crippen LogP contribution in [-0.4, -0.2) is 22.4 Å². The molecule has 0 aliphatic rings. The fourth-order valence-electron chi connectivity index (χ4n) is 3.16. The van der Waals surface area contributed by atoms with Crippen molar-refractivity contribution in [1.82, 2.24) is 9.94 Å². The average molecular weight is 479 g/mol. The Balaban J connectivity index is 1.61. The Labute approximate surface area is 186 Å². The summed E-state index contributed by atoms with van der Waals surface area (Å²) in [6.07, 6.45) is 1.62. The molecule has 0 saturated carbocycles. The third-order valence-corrected chi connectivity index (χ3v) is 5.07. The van der Waals surface area contributed by atoms with Gasteiger partial charge in [-0.3, -0.25) is 9.69 Å². The van der Waals surface area contributed by atoms with Crippen LogP contribution in [0, 0.1) is 17.1 Å². The van der Waals surface area contributed by atoms with Crippen LogP contribution in [0.3, 0.4) is 0 Å². The minimum atomic E-state index is -0.540. The second-order valence-corrected chi connectivity index (χ2v) is 7.64. The summed E-state index contributed by atoms with van der Waals surface area (Å²) in [5.74, 6) is -1.02. The van der Waals surface area contributed by atoms with Crippen LogP contribution in [0.15, 0.2) is 77.4 Å². The number of aromatic nitrogens is 2. The molecule has 1 amide bonds. The van der Waals surface area contributed by atoms with E-state index in [9.17, 15) is 14.4 Å². The van der Waals surface area contributed by atoms with Crippen molar-refractivity contribution in [2.45, 2.75) is 6.61 Å². The van der Waals surface area contributed by atoms with Crippen molar-refractivity contribution < 1.29 is 14.0 Å². The maximum Gasteiger partial charge on any atom is 0.259 e.